The average molecular weight is 320 g/mol. The molecule has 0 saturated carbocycles. The second-order valence-corrected chi connectivity index (χ2v) is 5.66. The minimum Gasteiger partial charge on any atom is -0.378 e. The van der Waals surface area contributed by atoms with Gasteiger partial charge in [-0.25, -0.2) is 0 Å². The van der Waals surface area contributed by atoms with Crippen molar-refractivity contribution in [3.63, 3.8) is 0 Å². The summed E-state index contributed by atoms with van der Waals surface area (Å²) >= 11 is 5.04. The molecule has 0 saturated heterocycles. The van der Waals surface area contributed by atoms with Gasteiger partial charge in [0.1, 0.15) is 11.9 Å². The number of halogens is 1. The van der Waals surface area contributed by atoms with Gasteiger partial charge in [0.05, 0.1) is 9.40 Å². The highest BCUT2D eigenvalue weighted by Crippen LogP contribution is 2.31. The molecule has 0 spiro atoms. The highest BCUT2D eigenvalue weighted by atomic mass is 79.9. The molecule has 0 aliphatic rings. The lowest BCUT2D eigenvalue weighted by Crippen LogP contribution is -2.09. The lowest BCUT2D eigenvalue weighted by Gasteiger charge is -2.11. The molecule has 0 radical (unpaired) electrons. The summed E-state index contributed by atoms with van der Waals surface area (Å²) in [4.78, 5) is 14.2. The first-order valence-corrected chi connectivity index (χ1v) is 7.19. The minimum absolute atomic E-state index is 0.00354. The van der Waals surface area contributed by atoms with Crippen molar-refractivity contribution in [3.8, 4) is 0 Å². The van der Waals surface area contributed by atoms with Gasteiger partial charge in [-0.05, 0) is 28.6 Å². The summed E-state index contributed by atoms with van der Waals surface area (Å²) in [5.74, 6) is 0. The maximum Gasteiger partial charge on any atom is 0.311 e. The first-order valence-electron chi connectivity index (χ1n) is 5.10. The predicted octanol–water partition coefficient (Wildman–Crippen LogP) is 3.31. The molecule has 0 bridgehead atoms. The smallest absolute Gasteiger partial charge is 0.311 e. The van der Waals surface area contributed by atoms with E-state index in [1.54, 1.807) is 18.0 Å². The summed E-state index contributed by atoms with van der Waals surface area (Å²) < 4.78 is 0.614. The summed E-state index contributed by atoms with van der Waals surface area (Å²) in [6.07, 6.45) is 5.81. The fraction of sp³-hybridized carbons (Fsp3) is 0.500. The summed E-state index contributed by atoms with van der Waals surface area (Å²) in [5.41, 5.74) is 0.495. The molecule has 7 heteroatoms. The van der Waals surface area contributed by atoms with Crippen LogP contribution in [0.25, 0.3) is 0 Å². The number of nitrogens with one attached hydrogen (secondary N) is 1. The number of pyridine rings is 1. The largest absolute Gasteiger partial charge is 0.378 e. The Labute approximate surface area is 113 Å². The Kier molecular flexibility index (Phi) is 5.70. The van der Waals surface area contributed by atoms with Crippen molar-refractivity contribution >= 4 is 39.1 Å². The Bertz CT molecular complexity index is 403. The fourth-order valence-electron chi connectivity index (χ4n) is 1.26. The molecule has 5 nitrogen and oxygen atoms in total. The average Bonchev–Trinajstić information content (AvgIpc) is 2.30. The molecule has 1 aromatic rings. The van der Waals surface area contributed by atoms with Crippen LogP contribution in [0.2, 0.25) is 0 Å². The van der Waals surface area contributed by atoms with E-state index in [0.29, 0.717) is 22.0 Å². The molecule has 1 aromatic heterocycles. The van der Waals surface area contributed by atoms with Crippen molar-refractivity contribution in [2.45, 2.75) is 18.6 Å². The van der Waals surface area contributed by atoms with E-state index in [-0.39, 0.29) is 5.69 Å². The molecular formula is C10H14BrN3O2S. The van der Waals surface area contributed by atoms with Crippen molar-refractivity contribution in [3.05, 3.63) is 27.0 Å². The third-order valence-electron chi connectivity index (χ3n) is 2.33. The van der Waals surface area contributed by atoms with Crippen LogP contribution >= 0.6 is 27.7 Å². The van der Waals surface area contributed by atoms with E-state index in [2.05, 4.69) is 39.4 Å². The third kappa shape index (κ3) is 4.16. The lowest BCUT2D eigenvalue weighted by molar-refractivity contribution is -0.384. The van der Waals surface area contributed by atoms with Crippen LogP contribution in [0.5, 0.6) is 0 Å². The van der Waals surface area contributed by atoms with Crippen molar-refractivity contribution in [2.24, 2.45) is 0 Å². The Morgan fingerprint density at radius 1 is 1.65 bits per heavy atom. The lowest BCUT2D eigenvalue weighted by atomic mass is 10.3. The van der Waals surface area contributed by atoms with Crippen molar-refractivity contribution in [2.75, 3.05) is 18.1 Å². The monoisotopic (exact) mass is 319 g/mol. The van der Waals surface area contributed by atoms with Crippen molar-refractivity contribution in [1.82, 2.24) is 4.98 Å². The van der Waals surface area contributed by atoms with E-state index in [4.69, 9.17) is 0 Å². The van der Waals surface area contributed by atoms with Crippen molar-refractivity contribution < 1.29 is 4.92 Å². The van der Waals surface area contributed by atoms with Crippen LogP contribution in [-0.4, -0.2) is 28.0 Å². The van der Waals surface area contributed by atoms with E-state index in [9.17, 15) is 10.1 Å². The molecule has 0 fully saturated rings. The van der Waals surface area contributed by atoms with Crippen LogP contribution in [0.15, 0.2) is 16.9 Å². The van der Waals surface area contributed by atoms with Gasteiger partial charge in [-0.2, -0.15) is 11.8 Å². The minimum atomic E-state index is -0.432. The van der Waals surface area contributed by atoms with Gasteiger partial charge in [0.15, 0.2) is 0 Å². The van der Waals surface area contributed by atoms with Crippen molar-refractivity contribution in [1.29, 1.82) is 0 Å². The van der Waals surface area contributed by atoms with Gasteiger partial charge < -0.3 is 5.32 Å². The topological polar surface area (TPSA) is 68.1 Å². The molecule has 1 unspecified atom stereocenters. The number of aromatic nitrogens is 1. The number of thioether (sulfide) groups is 1. The van der Waals surface area contributed by atoms with Crippen LogP contribution in [0.4, 0.5) is 11.4 Å². The molecular weight excluding hydrogens is 306 g/mol. The maximum absolute atomic E-state index is 10.8. The predicted molar refractivity (Wildman–Crippen MR) is 74.7 cm³/mol. The van der Waals surface area contributed by atoms with E-state index < -0.39 is 4.92 Å². The van der Waals surface area contributed by atoms with Gasteiger partial charge in [0.25, 0.3) is 0 Å². The van der Waals surface area contributed by atoms with Gasteiger partial charge in [-0.1, -0.05) is 6.92 Å². The SMILES string of the molecule is CSC(C)CCNc1c(Br)cncc1[N+](=O)[O-]. The molecule has 0 aromatic carbocycles. The Balaban J connectivity index is 2.72. The van der Waals surface area contributed by atoms with Crippen LogP contribution in [0.1, 0.15) is 13.3 Å². The number of hydrogen-bond acceptors (Lipinski definition) is 5. The van der Waals surface area contributed by atoms with E-state index in [1.165, 1.54) is 6.20 Å². The summed E-state index contributed by atoms with van der Waals surface area (Å²) in [6.45, 7) is 2.83. The molecule has 1 N–H and O–H groups in total. The van der Waals surface area contributed by atoms with Gasteiger partial charge in [-0.3, -0.25) is 15.1 Å². The zero-order chi connectivity index (χ0) is 12.8. The van der Waals surface area contributed by atoms with Crippen LogP contribution < -0.4 is 5.32 Å². The quantitative estimate of drug-likeness (QED) is 0.643. The van der Waals surface area contributed by atoms with Crippen LogP contribution in [0.3, 0.4) is 0 Å². The molecule has 94 valence electrons. The molecule has 0 aliphatic carbocycles. The zero-order valence-electron chi connectivity index (χ0n) is 9.64. The maximum atomic E-state index is 10.8. The van der Waals surface area contributed by atoms with Crippen LogP contribution in [-0.2, 0) is 0 Å². The standard InChI is InChI=1S/C10H14BrN3O2S/c1-7(17-2)3-4-13-10-8(11)5-12-6-9(10)14(15)16/h5-7H,3-4H2,1-2H3,(H,12,13). The molecule has 17 heavy (non-hydrogen) atoms. The second kappa shape index (κ2) is 6.80. The van der Waals surface area contributed by atoms with Gasteiger partial charge in [0.2, 0.25) is 0 Å². The van der Waals surface area contributed by atoms with Gasteiger partial charge in [0, 0.05) is 18.0 Å². The zero-order valence-corrected chi connectivity index (χ0v) is 12.0. The normalized spacial score (nSPS) is 12.2. The van der Waals surface area contributed by atoms with E-state index in [0.717, 1.165) is 6.42 Å². The van der Waals surface area contributed by atoms with E-state index in [1.807, 2.05) is 0 Å². The summed E-state index contributed by atoms with van der Waals surface area (Å²) in [6, 6.07) is 0. The number of anilines is 1. The first kappa shape index (κ1) is 14.2. The number of hydrogen-bond donors (Lipinski definition) is 1. The van der Waals surface area contributed by atoms with Gasteiger partial charge in [-0.15, -0.1) is 0 Å². The van der Waals surface area contributed by atoms with Crippen LogP contribution in [0, 0.1) is 10.1 Å². The van der Waals surface area contributed by atoms with Gasteiger partial charge >= 0.3 is 5.69 Å². The second-order valence-electron chi connectivity index (χ2n) is 3.53. The Hall–Kier alpha value is -0.820. The fourth-order valence-corrected chi connectivity index (χ4v) is 2.07. The molecule has 1 atom stereocenters. The highest BCUT2D eigenvalue weighted by molar-refractivity contribution is 9.10. The number of rotatable bonds is 6. The Morgan fingerprint density at radius 3 is 2.94 bits per heavy atom. The summed E-state index contributed by atoms with van der Waals surface area (Å²) in [7, 11) is 0. The highest BCUT2D eigenvalue weighted by Gasteiger charge is 2.16. The molecule has 1 rings (SSSR count). The molecule has 1 heterocycles. The first-order chi connectivity index (χ1) is 8.06. The number of nitro groups is 1. The van der Waals surface area contributed by atoms with E-state index >= 15 is 0 Å². The summed E-state index contributed by atoms with van der Waals surface area (Å²) in [5, 5.41) is 14.4. The Morgan fingerprint density at radius 2 is 2.35 bits per heavy atom. The molecule has 0 amide bonds. The number of nitrogens with zero attached hydrogens (tertiary/aromatic N) is 2. The third-order valence-corrected chi connectivity index (χ3v) is 3.97. The molecule has 0 aliphatic heterocycles.